The first-order valence-electron chi connectivity index (χ1n) is 8.94. The number of aromatic nitrogens is 1. The van der Waals surface area contributed by atoms with Gasteiger partial charge in [-0.2, -0.15) is 0 Å². The van der Waals surface area contributed by atoms with Crippen molar-refractivity contribution < 1.29 is 28.7 Å². The first-order chi connectivity index (χ1) is 13.8. The number of likely N-dealkylation sites (N-methyl/N-ethyl adjacent to an activating group) is 1. The number of methoxy groups -OCH3 is 1. The Labute approximate surface area is 167 Å². The zero-order valence-electron chi connectivity index (χ0n) is 16.7. The summed E-state index contributed by atoms with van der Waals surface area (Å²) in [6.45, 7) is 3.27. The Bertz CT molecular complexity index is 903. The summed E-state index contributed by atoms with van der Waals surface area (Å²) in [6.07, 6.45) is 1.38. The predicted octanol–water partition coefficient (Wildman–Crippen LogP) is 3.14. The standard InChI is InChI=1S/C19H23N3O7/c1-5-12(2)17(18(23)27-4)21(3)19(24)29-11-28-15-9-8-14(22(25)26)13-7-6-10-20-16(13)15/h6-10,12,17H,5,11H2,1-4H3. The van der Waals surface area contributed by atoms with Crippen molar-refractivity contribution in [2.24, 2.45) is 5.92 Å². The van der Waals surface area contributed by atoms with E-state index in [0.717, 1.165) is 4.90 Å². The molecule has 2 atom stereocenters. The lowest BCUT2D eigenvalue weighted by molar-refractivity contribution is -0.383. The Morgan fingerprint density at radius 2 is 2.03 bits per heavy atom. The molecular formula is C19H23N3O7. The molecule has 0 aliphatic heterocycles. The Kier molecular flexibility index (Phi) is 7.29. The summed E-state index contributed by atoms with van der Waals surface area (Å²) >= 11 is 0. The maximum atomic E-state index is 12.3. The van der Waals surface area contributed by atoms with Crippen LogP contribution in [0.3, 0.4) is 0 Å². The van der Waals surface area contributed by atoms with E-state index in [2.05, 4.69) is 4.98 Å². The molecule has 29 heavy (non-hydrogen) atoms. The fourth-order valence-corrected chi connectivity index (χ4v) is 2.88. The molecule has 2 unspecified atom stereocenters. The monoisotopic (exact) mass is 405 g/mol. The number of pyridine rings is 1. The highest BCUT2D eigenvalue weighted by atomic mass is 16.7. The van der Waals surface area contributed by atoms with E-state index in [0.29, 0.717) is 11.8 Å². The Morgan fingerprint density at radius 1 is 1.31 bits per heavy atom. The number of carbonyl (C=O) groups excluding carboxylic acids is 2. The molecule has 10 nitrogen and oxygen atoms in total. The first-order valence-corrected chi connectivity index (χ1v) is 8.94. The van der Waals surface area contributed by atoms with Crippen LogP contribution >= 0.6 is 0 Å². The topological polar surface area (TPSA) is 121 Å². The highest BCUT2D eigenvalue weighted by molar-refractivity contribution is 5.92. The molecule has 0 spiro atoms. The number of nitrogens with zero attached hydrogens (tertiary/aromatic N) is 3. The fourth-order valence-electron chi connectivity index (χ4n) is 2.88. The summed E-state index contributed by atoms with van der Waals surface area (Å²) in [6, 6.07) is 5.03. The average molecular weight is 405 g/mol. The third-order valence-corrected chi connectivity index (χ3v) is 4.63. The van der Waals surface area contributed by atoms with Gasteiger partial charge in [0.15, 0.2) is 0 Å². The third-order valence-electron chi connectivity index (χ3n) is 4.63. The number of esters is 1. The second kappa shape index (κ2) is 9.67. The largest absolute Gasteiger partial charge is 0.467 e. The molecule has 2 rings (SSSR count). The molecule has 0 aliphatic carbocycles. The van der Waals surface area contributed by atoms with Crippen molar-refractivity contribution in [2.75, 3.05) is 21.0 Å². The SMILES string of the molecule is CCC(C)C(C(=O)OC)N(C)C(=O)OCOc1ccc([N+](=O)[O-])c2cccnc12. The predicted molar refractivity (Wildman–Crippen MR) is 103 cm³/mol. The van der Waals surface area contributed by atoms with Gasteiger partial charge in [0.05, 0.1) is 17.4 Å². The van der Waals surface area contributed by atoms with Gasteiger partial charge in [-0.3, -0.25) is 20.0 Å². The van der Waals surface area contributed by atoms with E-state index in [1.54, 1.807) is 12.1 Å². The van der Waals surface area contributed by atoms with E-state index in [-0.39, 0.29) is 22.9 Å². The molecular weight excluding hydrogens is 382 g/mol. The van der Waals surface area contributed by atoms with Gasteiger partial charge in [0.2, 0.25) is 6.79 Å². The number of fused-ring (bicyclic) bond motifs is 1. The molecule has 0 fully saturated rings. The number of rotatable bonds is 8. The normalized spacial score (nSPS) is 12.7. The van der Waals surface area contributed by atoms with Gasteiger partial charge in [0.25, 0.3) is 5.69 Å². The smallest absolute Gasteiger partial charge is 0.413 e. The lowest BCUT2D eigenvalue weighted by atomic mass is 9.98. The number of nitro groups is 1. The molecule has 1 heterocycles. The number of amides is 1. The summed E-state index contributed by atoms with van der Waals surface area (Å²) in [5, 5.41) is 11.5. The summed E-state index contributed by atoms with van der Waals surface area (Å²) in [4.78, 5) is 40.3. The van der Waals surface area contributed by atoms with Gasteiger partial charge >= 0.3 is 12.1 Å². The van der Waals surface area contributed by atoms with Crippen LogP contribution in [0.2, 0.25) is 0 Å². The van der Waals surface area contributed by atoms with Crippen molar-refractivity contribution in [1.29, 1.82) is 0 Å². The van der Waals surface area contributed by atoms with Crippen molar-refractivity contribution in [3.05, 3.63) is 40.6 Å². The van der Waals surface area contributed by atoms with Gasteiger partial charge in [-0.15, -0.1) is 0 Å². The summed E-state index contributed by atoms with van der Waals surface area (Å²) in [7, 11) is 2.70. The number of nitro benzene ring substituents is 1. The third kappa shape index (κ3) is 4.89. The van der Waals surface area contributed by atoms with E-state index in [1.165, 1.54) is 32.5 Å². The second-order valence-electron chi connectivity index (χ2n) is 6.38. The van der Waals surface area contributed by atoms with Crippen LogP contribution in [0.5, 0.6) is 5.75 Å². The van der Waals surface area contributed by atoms with Gasteiger partial charge in [-0.1, -0.05) is 20.3 Å². The van der Waals surface area contributed by atoms with E-state index in [1.807, 2.05) is 13.8 Å². The van der Waals surface area contributed by atoms with Crippen molar-refractivity contribution in [3.8, 4) is 5.75 Å². The lowest BCUT2D eigenvalue weighted by Crippen LogP contribution is -2.47. The minimum Gasteiger partial charge on any atom is -0.467 e. The van der Waals surface area contributed by atoms with Crippen LogP contribution in [-0.4, -0.2) is 53.9 Å². The molecule has 10 heteroatoms. The molecule has 0 bridgehead atoms. The average Bonchev–Trinajstić information content (AvgIpc) is 2.72. The lowest BCUT2D eigenvalue weighted by Gasteiger charge is -2.29. The van der Waals surface area contributed by atoms with Crippen LogP contribution in [0.25, 0.3) is 10.9 Å². The zero-order valence-corrected chi connectivity index (χ0v) is 16.7. The summed E-state index contributed by atoms with van der Waals surface area (Å²) < 4.78 is 15.3. The maximum Gasteiger partial charge on any atom is 0.413 e. The van der Waals surface area contributed by atoms with Crippen LogP contribution in [0, 0.1) is 16.0 Å². The van der Waals surface area contributed by atoms with Crippen molar-refractivity contribution in [1.82, 2.24) is 9.88 Å². The van der Waals surface area contributed by atoms with Gasteiger partial charge in [-0.05, 0) is 24.1 Å². The van der Waals surface area contributed by atoms with Crippen LogP contribution in [-0.2, 0) is 14.3 Å². The molecule has 0 radical (unpaired) electrons. The highest BCUT2D eigenvalue weighted by Crippen LogP contribution is 2.31. The molecule has 2 aromatic rings. The number of hydrogen-bond donors (Lipinski definition) is 0. The number of carbonyl (C=O) groups is 2. The Balaban J connectivity index is 2.09. The number of benzene rings is 1. The fraction of sp³-hybridized carbons (Fsp3) is 0.421. The quantitative estimate of drug-likeness (QED) is 0.284. The number of non-ortho nitro benzene ring substituents is 1. The highest BCUT2D eigenvalue weighted by Gasteiger charge is 2.33. The van der Waals surface area contributed by atoms with Crippen LogP contribution in [0.15, 0.2) is 30.5 Å². The van der Waals surface area contributed by atoms with Crippen LogP contribution in [0.1, 0.15) is 20.3 Å². The zero-order chi connectivity index (χ0) is 21.6. The molecule has 156 valence electrons. The van der Waals surface area contributed by atoms with Gasteiger partial charge in [-0.25, -0.2) is 9.59 Å². The molecule has 0 saturated carbocycles. The molecule has 1 aromatic carbocycles. The Hall–Kier alpha value is -3.43. The summed E-state index contributed by atoms with van der Waals surface area (Å²) in [5.41, 5.74) is 0.171. The van der Waals surface area contributed by atoms with Crippen molar-refractivity contribution in [2.45, 2.75) is 26.3 Å². The molecule has 1 amide bonds. The first kappa shape index (κ1) is 21.9. The van der Waals surface area contributed by atoms with Crippen molar-refractivity contribution in [3.63, 3.8) is 0 Å². The molecule has 1 aromatic heterocycles. The van der Waals surface area contributed by atoms with E-state index < -0.39 is 29.8 Å². The van der Waals surface area contributed by atoms with Gasteiger partial charge in [0.1, 0.15) is 17.3 Å². The summed E-state index contributed by atoms with van der Waals surface area (Å²) in [5.74, 6) is -0.442. The number of ether oxygens (including phenoxy) is 3. The number of hydrogen-bond acceptors (Lipinski definition) is 8. The van der Waals surface area contributed by atoms with Crippen molar-refractivity contribution >= 4 is 28.7 Å². The van der Waals surface area contributed by atoms with Crippen LogP contribution in [0.4, 0.5) is 10.5 Å². The molecule has 0 aliphatic rings. The molecule has 0 N–H and O–H groups in total. The molecule has 0 saturated heterocycles. The van der Waals surface area contributed by atoms with Gasteiger partial charge < -0.3 is 14.2 Å². The minimum absolute atomic E-state index is 0.105. The maximum absolute atomic E-state index is 12.3. The van der Waals surface area contributed by atoms with Crippen LogP contribution < -0.4 is 4.74 Å². The van der Waals surface area contributed by atoms with E-state index in [9.17, 15) is 19.7 Å². The minimum atomic E-state index is -0.792. The second-order valence-corrected chi connectivity index (χ2v) is 6.38. The van der Waals surface area contributed by atoms with E-state index >= 15 is 0 Å². The van der Waals surface area contributed by atoms with Gasteiger partial charge in [0, 0.05) is 19.3 Å². The van der Waals surface area contributed by atoms with E-state index in [4.69, 9.17) is 14.2 Å². The Morgan fingerprint density at radius 3 is 2.66 bits per heavy atom.